The van der Waals surface area contributed by atoms with Crippen LogP contribution in [0.1, 0.15) is 13.8 Å². The summed E-state index contributed by atoms with van der Waals surface area (Å²) in [6.45, 7) is 3.64. The molecule has 0 aliphatic carbocycles. The minimum absolute atomic E-state index is 0. The molecule has 3 heteroatoms. The Bertz CT molecular complexity index is 97.3. The third-order valence-corrected chi connectivity index (χ3v) is 0.250. The molecule has 0 aromatic carbocycles. The van der Waals surface area contributed by atoms with Crippen molar-refractivity contribution in [1.82, 2.24) is 0 Å². The van der Waals surface area contributed by atoms with Crippen LogP contribution in [0.5, 0.6) is 0 Å². The van der Waals surface area contributed by atoms with Gasteiger partial charge in [0.25, 0.3) is 0 Å². The van der Waals surface area contributed by atoms with E-state index >= 15 is 0 Å². The average molecular weight is 287 g/mol. The number of hydrogen-bond acceptors (Lipinski definition) is 2. The normalized spacial score (nSPS) is 3.25. The second kappa shape index (κ2) is 29.0. The van der Waals surface area contributed by atoms with Gasteiger partial charge in [-0.3, -0.25) is 0 Å². The number of rotatable bonds is 0. The Morgan fingerprint density at radius 3 is 1.25 bits per heavy atom. The minimum atomic E-state index is -2.17. The molecule has 8 heavy (non-hydrogen) atoms. The van der Waals surface area contributed by atoms with E-state index < -0.39 is 17.9 Å². The summed E-state index contributed by atoms with van der Waals surface area (Å²) >= 11 is -2.17. The standard InChI is InChI=1S/C4H6.CH3.2O.Re/c1-3-4-2;;;;/h1-2H3;1H3;;;/q;-1;;;. The van der Waals surface area contributed by atoms with Crippen LogP contribution in [0.4, 0.5) is 0 Å². The van der Waals surface area contributed by atoms with Crippen molar-refractivity contribution < 1.29 is 24.8 Å². The van der Waals surface area contributed by atoms with Gasteiger partial charge in [-0.2, -0.15) is 0 Å². The summed E-state index contributed by atoms with van der Waals surface area (Å²) in [5.41, 5.74) is 0. The van der Waals surface area contributed by atoms with Crippen LogP contribution in [0.15, 0.2) is 0 Å². The van der Waals surface area contributed by atoms with Crippen molar-refractivity contribution in [1.29, 1.82) is 0 Å². The van der Waals surface area contributed by atoms with E-state index in [4.69, 9.17) is 6.94 Å². The zero-order valence-corrected chi connectivity index (χ0v) is 7.91. The Labute approximate surface area is 58.4 Å². The molecule has 0 amide bonds. The molecule has 0 saturated heterocycles. The van der Waals surface area contributed by atoms with Gasteiger partial charge in [0.15, 0.2) is 0 Å². The van der Waals surface area contributed by atoms with Gasteiger partial charge in [-0.1, -0.05) is 0 Å². The molecule has 0 saturated carbocycles. The topological polar surface area (TPSA) is 34.1 Å². The van der Waals surface area contributed by atoms with Gasteiger partial charge >= 0.3 is 24.8 Å². The van der Waals surface area contributed by atoms with Crippen LogP contribution >= 0.6 is 0 Å². The second-order valence-corrected chi connectivity index (χ2v) is 1.02. The average Bonchev–Trinajstić information content (AvgIpc) is 1.69. The molecule has 0 bridgehead atoms. The quantitative estimate of drug-likeness (QED) is 0.496. The first-order chi connectivity index (χ1) is 3.33. The Kier molecular flexibility index (Phi) is 56.8. The van der Waals surface area contributed by atoms with Crippen LogP contribution in [0, 0.1) is 19.3 Å². The maximum absolute atomic E-state index is 8.53. The first-order valence-electron chi connectivity index (χ1n) is 1.56. The van der Waals surface area contributed by atoms with Crippen molar-refractivity contribution in [3.63, 3.8) is 0 Å². The third-order valence-electron chi connectivity index (χ3n) is 0.250. The van der Waals surface area contributed by atoms with E-state index in [9.17, 15) is 0 Å². The fourth-order valence-electron chi connectivity index (χ4n) is 0. The molecule has 0 spiro atoms. The Balaban J connectivity index is -0.0000000575. The Hall–Kier alpha value is -0.178. The predicted octanol–water partition coefficient (Wildman–Crippen LogP) is 1.24. The summed E-state index contributed by atoms with van der Waals surface area (Å²) in [6, 6.07) is 0. The molecule has 0 radical (unpaired) electrons. The molecule has 0 aliphatic rings. The molecule has 49 valence electrons. The molecule has 0 heterocycles. The molecule has 0 aliphatic heterocycles. The molecular weight excluding hydrogens is 278 g/mol. The molecule has 0 unspecified atom stereocenters. The molecule has 0 aromatic heterocycles. The molecule has 2 nitrogen and oxygen atoms in total. The fourth-order valence-corrected chi connectivity index (χ4v) is 0. The summed E-state index contributed by atoms with van der Waals surface area (Å²) < 4.78 is 17.1. The summed E-state index contributed by atoms with van der Waals surface area (Å²) in [7, 11) is 0. The first kappa shape index (κ1) is 15.7. The van der Waals surface area contributed by atoms with Crippen LogP contribution in [0.25, 0.3) is 0 Å². The van der Waals surface area contributed by atoms with E-state index in [1.54, 1.807) is 0 Å². The van der Waals surface area contributed by atoms with Crippen LogP contribution in [0.3, 0.4) is 0 Å². The molecule has 0 atom stereocenters. The summed E-state index contributed by atoms with van der Waals surface area (Å²) in [4.78, 5) is 0. The van der Waals surface area contributed by atoms with Crippen molar-refractivity contribution in [2.75, 3.05) is 0 Å². The van der Waals surface area contributed by atoms with Crippen LogP contribution < -0.4 is 0 Å². The van der Waals surface area contributed by atoms with E-state index in [1.807, 2.05) is 13.8 Å². The predicted molar refractivity (Wildman–Crippen MR) is 26.9 cm³/mol. The van der Waals surface area contributed by atoms with Gasteiger partial charge in [0.2, 0.25) is 0 Å². The van der Waals surface area contributed by atoms with Crippen molar-refractivity contribution in [2.24, 2.45) is 0 Å². The Morgan fingerprint density at radius 2 is 1.25 bits per heavy atom. The van der Waals surface area contributed by atoms with Gasteiger partial charge in [-0.15, -0.1) is 11.8 Å². The van der Waals surface area contributed by atoms with E-state index in [0.29, 0.717) is 0 Å². The van der Waals surface area contributed by atoms with Gasteiger partial charge in [0.05, 0.1) is 0 Å². The van der Waals surface area contributed by atoms with Crippen molar-refractivity contribution in [3.8, 4) is 11.8 Å². The summed E-state index contributed by atoms with van der Waals surface area (Å²) in [5, 5.41) is 0. The van der Waals surface area contributed by atoms with Gasteiger partial charge in [0, 0.05) is 0 Å². The summed E-state index contributed by atoms with van der Waals surface area (Å²) in [6.07, 6.45) is 0. The fraction of sp³-hybridized carbons (Fsp3) is 0.400. The summed E-state index contributed by atoms with van der Waals surface area (Å²) in [5.74, 6) is 5.36. The molecule has 0 rings (SSSR count). The van der Waals surface area contributed by atoms with Crippen LogP contribution in [-0.4, -0.2) is 0 Å². The van der Waals surface area contributed by atoms with E-state index in [-0.39, 0.29) is 7.43 Å². The molecule has 0 aromatic rings. The first-order valence-corrected chi connectivity index (χ1v) is 3.78. The van der Waals surface area contributed by atoms with E-state index in [2.05, 4.69) is 11.8 Å². The van der Waals surface area contributed by atoms with Crippen molar-refractivity contribution in [2.45, 2.75) is 13.8 Å². The molecule has 0 N–H and O–H groups in total. The number of hydrogen-bond donors (Lipinski definition) is 0. The van der Waals surface area contributed by atoms with Gasteiger partial charge in [-0.05, 0) is 13.8 Å². The van der Waals surface area contributed by atoms with Gasteiger partial charge in [-0.25, -0.2) is 0 Å². The second-order valence-electron chi connectivity index (χ2n) is 0.563. The van der Waals surface area contributed by atoms with E-state index in [1.165, 1.54) is 0 Å². The van der Waals surface area contributed by atoms with Crippen LogP contribution in [-0.2, 0) is 24.8 Å². The van der Waals surface area contributed by atoms with Gasteiger partial charge in [0.1, 0.15) is 0 Å². The molecule has 0 fully saturated rings. The third kappa shape index (κ3) is 200. The maximum atomic E-state index is 8.53. The van der Waals surface area contributed by atoms with E-state index in [0.717, 1.165) is 0 Å². The van der Waals surface area contributed by atoms with Crippen LogP contribution in [0.2, 0.25) is 0 Å². The zero-order valence-electron chi connectivity index (χ0n) is 5.19. The van der Waals surface area contributed by atoms with Gasteiger partial charge < -0.3 is 7.43 Å². The van der Waals surface area contributed by atoms with Crippen molar-refractivity contribution >= 4 is 0 Å². The molecular formula is C5H9O2Re-. The SMILES string of the molecule is CC#CC.[CH3-].[O]=[Re]=[O]. The zero-order chi connectivity index (χ0) is 6.12. The Morgan fingerprint density at radius 1 is 1.12 bits per heavy atom. The monoisotopic (exact) mass is 288 g/mol. The van der Waals surface area contributed by atoms with Crippen molar-refractivity contribution in [3.05, 3.63) is 7.43 Å².